The molecule has 0 saturated carbocycles. The van der Waals surface area contributed by atoms with E-state index < -0.39 is 6.04 Å². The van der Waals surface area contributed by atoms with Crippen LogP contribution in [0.15, 0.2) is 36.7 Å². The first-order valence-electron chi connectivity index (χ1n) is 8.81. The number of nitrogens with zero attached hydrogens (tertiary/aromatic N) is 3. The number of benzene rings is 1. The first-order valence-corrected chi connectivity index (χ1v) is 9.19. The highest BCUT2D eigenvalue weighted by Gasteiger charge is 2.31. The molecule has 1 atom stereocenters. The van der Waals surface area contributed by atoms with Crippen LogP contribution >= 0.6 is 11.6 Å². The van der Waals surface area contributed by atoms with Crippen LogP contribution in [0.5, 0.6) is 0 Å². The van der Waals surface area contributed by atoms with Crippen LogP contribution in [0.2, 0.25) is 5.02 Å². The minimum Gasteiger partial charge on any atom is -0.353 e. The molecular formula is C19H22ClN5O2. The van der Waals surface area contributed by atoms with Gasteiger partial charge in [-0.3, -0.25) is 14.5 Å². The normalized spacial score (nSPS) is 17.4. The molecule has 3 rings (SSSR count). The van der Waals surface area contributed by atoms with Crippen LogP contribution in [0.25, 0.3) is 0 Å². The Labute approximate surface area is 163 Å². The fourth-order valence-electron chi connectivity index (χ4n) is 3.07. The molecule has 1 unspecified atom stereocenters. The van der Waals surface area contributed by atoms with Gasteiger partial charge in [-0.15, -0.1) is 0 Å². The maximum atomic E-state index is 12.3. The predicted molar refractivity (Wildman–Crippen MR) is 102 cm³/mol. The maximum absolute atomic E-state index is 12.3. The van der Waals surface area contributed by atoms with Crippen molar-refractivity contribution in [1.82, 2.24) is 25.5 Å². The monoisotopic (exact) mass is 387 g/mol. The molecule has 2 heterocycles. The molecule has 0 bridgehead atoms. The molecule has 7 nitrogen and oxygen atoms in total. The van der Waals surface area contributed by atoms with Crippen LogP contribution in [0, 0.1) is 6.92 Å². The van der Waals surface area contributed by atoms with Gasteiger partial charge in [-0.05, 0) is 12.5 Å². The van der Waals surface area contributed by atoms with Crippen LogP contribution in [-0.4, -0.2) is 45.8 Å². The fraction of sp³-hybridized carbons (Fsp3) is 0.368. The Kier molecular flexibility index (Phi) is 6.36. The molecule has 142 valence electrons. The molecule has 0 spiro atoms. The minimum absolute atomic E-state index is 0.0885. The Balaban J connectivity index is 1.59. The second kappa shape index (κ2) is 8.92. The summed E-state index contributed by atoms with van der Waals surface area (Å²) in [7, 11) is 0. The quantitative estimate of drug-likeness (QED) is 0.783. The van der Waals surface area contributed by atoms with Gasteiger partial charge in [0.05, 0.1) is 24.0 Å². The number of nitrogens with one attached hydrogen (secondary N) is 2. The second-order valence-corrected chi connectivity index (χ2v) is 7.00. The van der Waals surface area contributed by atoms with E-state index in [4.69, 9.17) is 11.6 Å². The number of hydrogen-bond acceptors (Lipinski definition) is 5. The van der Waals surface area contributed by atoms with Crippen LogP contribution in [-0.2, 0) is 22.7 Å². The summed E-state index contributed by atoms with van der Waals surface area (Å²) in [5.74, 6) is 0.133. The summed E-state index contributed by atoms with van der Waals surface area (Å²) in [4.78, 5) is 34.8. The van der Waals surface area contributed by atoms with E-state index in [-0.39, 0.29) is 24.8 Å². The van der Waals surface area contributed by atoms with E-state index in [1.807, 2.05) is 30.0 Å². The Morgan fingerprint density at radius 1 is 1.37 bits per heavy atom. The summed E-state index contributed by atoms with van der Waals surface area (Å²) in [6.45, 7) is 4.16. The lowest BCUT2D eigenvalue weighted by Crippen LogP contribution is -2.56. The van der Waals surface area contributed by atoms with Crippen molar-refractivity contribution in [3.8, 4) is 0 Å². The topological polar surface area (TPSA) is 87.2 Å². The lowest BCUT2D eigenvalue weighted by Gasteiger charge is -2.34. The van der Waals surface area contributed by atoms with Gasteiger partial charge in [0.15, 0.2) is 0 Å². The molecule has 2 aromatic rings. The number of piperazine rings is 1. The van der Waals surface area contributed by atoms with Gasteiger partial charge in [-0.2, -0.15) is 0 Å². The molecule has 1 aliphatic rings. The van der Waals surface area contributed by atoms with Gasteiger partial charge < -0.3 is 10.6 Å². The fourth-order valence-corrected chi connectivity index (χ4v) is 3.17. The van der Waals surface area contributed by atoms with Crippen molar-refractivity contribution in [3.05, 3.63) is 58.6 Å². The molecule has 0 radical (unpaired) electrons. The predicted octanol–water partition coefficient (Wildman–Crippen LogP) is 1.45. The third-order valence-electron chi connectivity index (χ3n) is 4.41. The number of amides is 2. The largest absolute Gasteiger partial charge is 0.353 e. The van der Waals surface area contributed by atoms with E-state index in [1.54, 1.807) is 0 Å². The Bertz CT molecular complexity index is 812. The van der Waals surface area contributed by atoms with Crippen LogP contribution in [0.4, 0.5) is 0 Å². The molecule has 2 N–H and O–H groups in total. The molecule has 2 amide bonds. The molecule has 8 heteroatoms. The van der Waals surface area contributed by atoms with Crippen LogP contribution in [0.1, 0.15) is 23.4 Å². The number of aromatic nitrogens is 2. The highest BCUT2D eigenvalue weighted by atomic mass is 35.5. The molecule has 1 aromatic heterocycles. The maximum Gasteiger partial charge on any atom is 0.237 e. The summed E-state index contributed by atoms with van der Waals surface area (Å²) in [5.41, 5.74) is 2.30. The Morgan fingerprint density at radius 3 is 2.89 bits per heavy atom. The lowest BCUT2D eigenvalue weighted by molar-refractivity contribution is -0.134. The van der Waals surface area contributed by atoms with Crippen LogP contribution < -0.4 is 10.6 Å². The Morgan fingerprint density at radius 2 is 2.15 bits per heavy atom. The summed E-state index contributed by atoms with van der Waals surface area (Å²) in [5, 5.41) is 6.05. The van der Waals surface area contributed by atoms with Crippen molar-refractivity contribution < 1.29 is 9.59 Å². The van der Waals surface area contributed by atoms with Gasteiger partial charge in [-0.25, -0.2) is 9.97 Å². The SMILES string of the molecule is Cc1cccc(CN2CCNC(=O)C2CC(=O)NCc2ncc(Cl)cn2)c1. The smallest absolute Gasteiger partial charge is 0.237 e. The second-order valence-electron chi connectivity index (χ2n) is 6.56. The van der Waals surface area contributed by atoms with Crippen LogP contribution in [0.3, 0.4) is 0 Å². The van der Waals surface area contributed by atoms with Gasteiger partial charge in [0.1, 0.15) is 5.82 Å². The molecule has 1 aliphatic heterocycles. The third kappa shape index (κ3) is 5.48. The first-order chi connectivity index (χ1) is 13.0. The van der Waals surface area contributed by atoms with Crippen molar-refractivity contribution in [2.75, 3.05) is 13.1 Å². The molecular weight excluding hydrogens is 366 g/mol. The molecule has 1 fully saturated rings. The molecule has 1 saturated heterocycles. The van der Waals surface area contributed by atoms with E-state index in [0.717, 1.165) is 5.56 Å². The summed E-state index contributed by atoms with van der Waals surface area (Å²) < 4.78 is 0. The molecule has 27 heavy (non-hydrogen) atoms. The first kappa shape index (κ1) is 19.3. The highest BCUT2D eigenvalue weighted by molar-refractivity contribution is 6.30. The Hall–Kier alpha value is -2.51. The number of aryl methyl sites for hydroxylation is 1. The van der Waals surface area contributed by atoms with Crippen molar-refractivity contribution in [1.29, 1.82) is 0 Å². The third-order valence-corrected chi connectivity index (χ3v) is 4.60. The zero-order valence-electron chi connectivity index (χ0n) is 15.1. The number of halogens is 1. The van der Waals surface area contributed by atoms with Crippen molar-refractivity contribution in [2.24, 2.45) is 0 Å². The zero-order valence-corrected chi connectivity index (χ0v) is 15.9. The van der Waals surface area contributed by atoms with Gasteiger partial charge in [0.2, 0.25) is 11.8 Å². The van der Waals surface area contributed by atoms with E-state index in [9.17, 15) is 9.59 Å². The number of rotatable bonds is 6. The van der Waals surface area contributed by atoms with Crippen molar-refractivity contribution in [2.45, 2.75) is 32.5 Å². The van der Waals surface area contributed by atoms with E-state index in [0.29, 0.717) is 30.5 Å². The summed E-state index contributed by atoms with van der Waals surface area (Å²) >= 11 is 5.75. The van der Waals surface area contributed by atoms with Gasteiger partial charge in [0.25, 0.3) is 0 Å². The van der Waals surface area contributed by atoms with E-state index in [1.165, 1.54) is 18.0 Å². The summed E-state index contributed by atoms with van der Waals surface area (Å²) in [6.07, 6.45) is 3.05. The van der Waals surface area contributed by atoms with Crippen molar-refractivity contribution >= 4 is 23.4 Å². The lowest BCUT2D eigenvalue weighted by atomic mass is 10.1. The molecule has 1 aromatic carbocycles. The number of carbonyl (C=O) groups is 2. The van der Waals surface area contributed by atoms with Gasteiger partial charge >= 0.3 is 0 Å². The average Bonchev–Trinajstić information content (AvgIpc) is 2.64. The van der Waals surface area contributed by atoms with E-state index in [2.05, 4.69) is 26.7 Å². The van der Waals surface area contributed by atoms with E-state index >= 15 is 0 Å². The average molecular weight is 388 g/mol. The minimum atomic E-state index is -0.495. The zero-order chi connectivity index (χ0) is 19.2. The highest BCUT2D eigenvalue weighted by Crippen LogP contribution is 2.15. The molecule has 0 aliphatic carbocycles. The van der Waals surface area contributed by atoms with Crippen molar-refractivity contribution in [3.63, 3.8) is 0 Å². The standard InChI is InChI=1S/C19H22ClN5O2/c1-13-3-2-4-14(7-13)12-25-6-5-21-19(27)16(25)8-18(26)24-11-17-22-9-15(20)10-23-17/h2-4,7,9-10,16H,5-6,8,11-12H2,1H3,(H,21,27)(H,24,26). The number of hydrogen-bond donors (Lipinski definition) is 2. The van der Waals surface area contributed by atoms with Gasteiger partial charge in [0, 0.05) is 32.0 Å². The number of carbonyl (C=O) groups excluding carboxylic acids is 2. The summed E-state index contributed by atoms with van der Waals surface area (Å²) in [6, 6.07) is 7.68. The van der Waals surface area contributed by atoms with Gasteiger partial charge in [-0.1, -0.05) is 41.4 Å².